The van der Waals surface area contributed by atoms with Crippen molar-refractivity contribution >= 4 is 152 Å². The van der Waals surface area contributed by atoms with Crippen molar-refractivity contribution in [3.63, 3.8) is 0 Å². The Kier molecular flexibility index (Phi) is 72.9. The SMILES string of the molecule is O=C([O-])CCSC[C@H]1O[C@@H]2O[C@H]3[C@H](O)[C@@H](O)[C@@H](O[C@H]4[C@H](O)[C@@H](O)[C@@H](O[C@H]5[C@H](O)[C@@H](O)[C@@H](O[C@H]6[C@H](O)[C@@H](O)[C@@H](O[C@H]7[C@H](O)[C@@H](O)[C@@H](O[C@H]8[C@H](O)[C@@H](O)[C@@H](O[C@H]9[C@H](O)[C@@H](O)[C@@H](O[C@H]1[C@H](O)[C@H]2O)O[C@@H]9CSCCC(=O)[O-])O[C@@H]8CSCCC(=O)[O-])O[C@@H]7CSCCC(=O)[O-])O[C@@H]6CSSCCC(=O)[O-])O[C@@H]5CSCCC(=O)[O-])O[C@@H]4CSCCC(=O)[O-])O[C@@H]3CSCCC(=O)[O-].[Na+].[Na+].[Na+].[Na+].[Na+].[Na+].[Na+].[Na+]. The molecular weight excluding hydrogens is 2110 g/mol. The third-order valence-electron chi connectivity index (χ3n) is 21.3. The number of carboxylic acids is 8. The maximum Gasteiger partial charge on any atom is 1.00 e. The van der Waals surface area contributed by atoms with Crippen LogP contribution < -0.4 is 277 Å². The van der Waals surface area contributed by atoms with Gasteiger partial charge in [0.15, 0.2) is 50.3 Å². The molecule has 0 saturated carbocycles. The molecule has 30 heterocycles. The number of aliphatic carboxylic acids is 8. The Balaban J connectivity index is 0.0000117. The van der Waals surface area contributed by atoms with E-state index in [1.807, 2.05) is 0 Å². The van der Waals surface area contributed by atoms with Crippen LogP contribution in [-0.2, 0) is 114 Å². The number of hydrogen-bond donors (Lipinski definition) is 16. The Hall–Kier alpha value is 5.63. The van der Waals surface area contributed by atoms with E-state index >= 15 is 0 Å². The van der Waals surface area contributed by atoms with Gasteiger partial charge in [-0.1, -0.05) is 21.6 Å². The van der Waals surface area contributed by atoms with Gasteiger partial charge in [-0.05, 0) is 91.6 Å². The molecule has 742 valence electrons. The minimum atomic E-state index is -2.36. The largest absolute Gasteiger partial charge is 1.00 e. The molecule has 30 fully saturated rings. The number of hydrogen-bond acceptors (Lipinski definition) is 57. The van der Waals surface area contributed by atoms with E-state index in [1.165, 1.54) is 0 Å². The number of aliphatic hydroxyl groups excluding tert-OH is 16. The summed E-state index contributed by atoms with van der Waals surface area (Å²) in [5.41, 5.74) is 0. The van der Waals surface area contributed by atoms with Crippen molar-refractivity contribution in [3.8, 4) is 0 Å². The molecule has 0 aliphatic carbocycles. The summed E-state index contributed by atoms with van der Waals surface area (Å²) >= 11 is 5.75. The van der Waals surface area contributed by atoms with Gasteiger partial charge in [-0.25, -0.2) is 0 Å². The maximum absolute atomic E-state index is 12.3. The molecule has 30 rings (SSSR count). The van der Waals surface area contributed by atoms with E-state index in [9.17, 15) is 161 Å². The third kappa shape index (κ3) is 42.6. The predicted molar refractivity (Wildman–Crippen MR) is 428 cm³/mol. The Morgan fingerprint density at radius 3 is 0.409 bits per heavy atom. The fourth-order valence-corrected chi connectivity index (χ4v) is 23.6. The number of ether oxygens (including phenoxy) is 16. The van der Waals surface area contributed by atoms with Crippen molar-refractivity contribution in [2.45, 2.75) is 297 Å². The van der Waals surface area contributed by atoms with Gasteiger partial charge in [0.1, 0.15) is 146 Å². The van der Waals surface area contributed by atoms with E-state index in [4.69, 9.17) is 75.8 Å². The second-order valence-electron chi connectivity index (χ2n) is 30.6. The number of rotatable bonds is 41. The van der Waals surface area contributed by atoms with Gasteiger partial charge in [-0.2, -0.15) is 82.3 Å². The number of carboxylic acid groups (broad SMARTS) is 8. The van der Waals surface area contributed by atoms with E-state index in [-0.39, 0.29) is 288 Å². The molecule has 65 heteroatoms. The number of carbonyl (C=O) groups is 8. The van der Waals surface area contributed by atoms with Gasteiger partial charge in [0.2, 0.25) is 0 Å². The van der Waals surface area contributed by atoms with Gasteiger partial charge < -0.3 is 237 Å². The normalized spacial score (nSPS) is 38.9. The number of carbonyl (C=O) groups excluding carboxylic acids is 8. The monoisotopic (exact) mass is 2210 g/mol. The summed E-state index contributed by atoms with van der Waals surface area (Å²) in [6.45, 7) is 0. The van der Waals surface area contributed by atoms with Crippen LogP contribution in [-0.4, -0.2) is 467 Å². The fourth-order valence-electron chi connectivity index (χ4n) is 14.6. The van der Waals surface area contributed by atoms with Crippen molar-refractivity contribution in [3.05, 3.63) is 0 Å². The Labute approximate surface area is 1000 Å². The van der Waals surface area contributed by atoms with E-state index in [1.54, 1.807) is 0 Å². The minimum absolute atomic E-state index is 0. The second-order valence-corrected chi connectivity index (χ2v) is 41.3. The van der Waals surface area contributed by atoms with Crippen LogP contribution in [0.1, 0.15) is 51.4 Å². The molecule has 0 aromatic heterocycles. The van der Waals surface area contributed by atoms with Crippen molar-refractivity contribution in [2.24, 2.45) is 0 Å². The van der Waals surface area contributed by atoms with E-state index in [0.29, 0.717) is 0 Å². The molecule has 0 aromatic carbocycles. The molecule has 0 radical (unpaired) electrons. The summed E-state index contributed by atoms with van der Waals surface area (Å²) in [5.74, 6) is -17.3. The van der Waals surface area contributed by atoms with Gasteiger partial charge in [0.25, 0.3) is 0 Å². The zero-order chi connectivity index (χ0) is 94.4. The molecule has 40 atom stereocenters. The quantitative estimate of drug-likeness (QED) is 0.0154. The smallest absolute Gasteiger partial charge is 0.550 e. The van der Waals surface area contributed by atoms with Crippen LogP contribution in [0.5, 0.6) is 0 Å². The first-order chi connectivity index (χ1) is 61.2. The third-order valence-corrected chi connectivity index (χ3v) is 31.1. The van der Waals surface area contributed by atoms with E-state index in [2.05, 4.69) is 0 Å². The molecule has 0 unspecified atom stereocenters. The first kappa shape index (κ1) is 141. The summed E-state index contributed by atoms with van der Waals surface area (Å²) in [4.78, 5) is 93.2. The Morgan fingerprint density at radius 2 is 0.285 bits per heavy atom. The molecule has 137 heavy (non-hydrogen) atoms. The van der Waals surface area contributed by atoms with Crippen LogP contribution in [0.2, 0.25) is 0 Å². The molecule has 30 saturated heterocycles. The van der Waals surface area contributed by atoms with Gasteiger partial charge in [0.05, 0.1) is 48.8 Å². The molecule has 0 spiro atoms. The second kappa shape index (κ2) is 71.0. The van der Waals surface area contributed by atoms with Gasteiger partial charge >= 0.3 is 236 Å². The predicted octanol–water partition coefficient (Wildman–Crippen LogP) is -41.7. The van der Waals surface area contributed by atoms with Crippen LogP contribution in [0.4, 0.5) is 0 Å². The average molecular weight is 2210 g/mol. The first-order valence-electron chi connectivity index (χ1n) is 40.5. The first-order valence-corrected chi connectivity index (χ1v) is 51.1. The zero-order valence-corrected chi connectivity index (χ0v) is 99.3. The fraction of sp³-hybridized carbons (Fsp3) is 0.889. The van der Waals surface area contributed by atoms with Crippen molar-refractivity contribution in [1.82, 2.24) is 0 Å². The molecule has 30 aliphatic rings. The summed E-state index contributed by atoms with van der Waals surface area (Å²) in [7, 11) is 1.80. The Morgan fingerprint density at radius 1 is 0.168 bits per heavy atom. The molecule has 16 N–H and O–H groups in total. The number of thioether (sulfide) groups is 7. The molecular formula is C72H104Na8O48S9. The molecule has 0 amide bonds. The topological polar surface area (TPSA) is 792 Å². The maximum atomic E-state index is 12.3. The van der Waals surface area contributed by atoms with Crippen molar-refractivity contribution in [2.75, 3.05) is 92.0 Å². The minimum Gasteiger partial charge on any atom is -0.550 e. The van der Waals surface area contributed by atoms with Crippen LogP contribution in [0.3, 0.4) is 0 Å². The van der Waals surface area contributed by atoms with Crippen molar-refractivity contribution in [1.29, 1.82) is 0 Å². The zero-order valence-electron chi connectivity index (χ0n) is 76.0. The van der Waals surface area contributed by atoms with Crippen LogP contribution in [0.25, 0.3) is 0 Å². The molecule has 30 aliphatic heterocycles. The van der Waals surface area contributed by atoms with Crippen LogP contribution >= 0.6 is 104 Å². The summed E-state index contributed by atoms with van der Waals surface area (Å²) in [6.07, 6.45) is -88.3. The average Bonchev–Trinajstić information content (AvgIpc) is 0.767. The molecule has 16 bridgehead atoms. The van der Waals surface area contributed by atoms with Gasteiger partial charge in [0, 0.05) is 99.5 Å². The van der Waals surface area contributed by atoms with Gasteiger partial charge in [-0.15, -0.1) is 0 Å². The molecule has 0 aromatic rings. The van der Waals surface area contributed by atoms with E-state index < -0.39 is 385 Å². The molecule has 48 nitrogen and oxygen atoms in total. The van der Waals surface area contributed by atoms with E-state index in [0.717, 1.165) is 104 Å². The van der Waals surface area contributed by atoms with Gasteiger partial charge in [-0.3, -0.25) is 0 Å². The van der Waals surface area contributed by atoms with Crippen LogP contribution in [0.15, 0.2) is 0 Å². The standard InChI is InChI=1S/C72H112O48S9.8Na/c73-33(74)1-9-121-17-25-57-41(89)49(97)65(105-25)114-58-26(18-122-10-2-34(75)76)107-67(51(99)43(58)91)116-60-28(20-124-12-4-36(79)80)109-69(53(101)45(60)93)118-62-30(22-126-14-6-38(83)84)111-71(55(103)47(62)95)120-64-32(24-129-128-16-8-40(87)88)112-72(56(104)48(64)96)119-63-31(23-127-15-7-39(85)86)110-70(54(102)46(63)94)117-61-29(21-125-13-5-37(81)82)108-68(52(100)44(61)92)115-59-27(19-123-11-3-35(77)78)106-66(113-57)50(98)42(59)90;;;;;;;;/h25-32,41-72,89-104H,1-24H2,(H,73,74)(H,75,76)(H,77,78)(H,79,80)(H,81,82)(H,83,84)(H,85,86)(H,87,88);;;;;;;;/q;8*+1/p-8/t25-,26-,27-,28-,29-,30-,31-,32-,41-,42-,43-,44-,45-,46-,47-,48-,49-,50-,51-,52-,53-,54-,55-,56-,57-,58-,59-,60-,61-,62-,63-,64-,65-,66-,67-,68-,69-,70-,71-,72-;;;;;;;;/m1......../s1. The van der Waals surface area contributed by atoms with Crippen molar-refractivity contribution < 1.29 is 473 Å². The summed E-state index contributed by atoms with van der Waals surface area (Å²) in [5, 5.41) is 288. The number of aliphatic hydroxyl groups is 16. The van der Waals surface area contributed by atoms with Crippen LogP contribution in [0, 0.1) is 0 Å². The Bertz CT molecular complexity index is 3380. The summed E-state index contributed by atoms with van der Waals surface area (Å²) < 4.78 is 99.8. The summed E-state index contributed by atoms with van der Waals surface area (Å²) in [6, 6.07) is 0.